The molecule has 3 aromatic carbocycles. The van der Waals surface area contributed by atoms with E-state index in [1.54, 1.807) is 30.1 Å². The van der Waals surface area contributed by atoms with Crippen molar-refractivity contribution in [3.63, 3.8) is 0 Å². The van der Waals surface area contributed by atoms with E-state index in [4.69, 9.17) is 9.84 Å². The van der Waals surface area contributed by atoms with Gasteiger partial charge in [-0.3, -0.25) is 9.78 Å². The number of carbonyl (C=O) groups excluding carboxylic acids is 1. The van der Waals surface area contributed by atoms with E-state index in [-0.39, 0.29) is 5.91 Å². The molecule has 0 aliphatic carbocycles. The molecule has 0 radical (unpaired) electrons. The molecule has 35 heavy (non-hydrogen) atoms. The quantitative estimate of drug-likeness (QED) is 0.273. The van der Waals surface area contributed by atoms with Crippen LogP contribution in [0.1, 0.15) is 12.5 Å². The molecular formula is C28H23N5O2. The van der Waals surface area contributed by atoms with Gasteiger partial charge in [0.05, 0.1) is 11.9 Å². The Bertz CT molecular complexity index is 1470. The van der Waals surface area contributed by atoms with E-state index in [0.717, 1.165) is 27.9 Å². The maximum Gasteiger partial charge on any atom is 0.280 e. The largest absolute Gasteiger partial charge is 0.479 e. The number of rotatable bonds is 7. The lowest BCUT2D eigenvalue weighted by Crippen LogP contribution is -2.33. The fraction of sp³-hybridized carbons (Fsp3) is 0.0714. The fourth-order valence-corrected chi connectivity index (χ4v) is 3.69. The third kappa shape index (κ3) is 4.94. The van der Waals surface area contributed by atoms with Gasteiger partial charge in [0, 0.05) is 28.9 Å². The Morgan fingerprint density at radius 1 is 0.971 bits per heavy atom. The van der Waals surface area contributed by atoms with Gasteiger partial charge in [-0.25, -0.2) is 10.1 Å². The minimum atomic E-state index is -0.764. The molecule has 7 nitrogen and oxygen atoms in total. The zero-order chi connectivity index (χ0) is 24.0. The molecule has 0 spiro atoms. The van der Waals surface area contributed by atoms with E-state index in [2.05, 4.69) is 15.5 Å². The summed E-state index contributed by atoms with van der Waals surface area (Å²) in [7, 11) is 0. The second-order valence-electron chi connectivity index (χ2n) is 7.90. The molecule has 2 aromatic heterocycles. The van der Waals surface area contributed by atoms with E-state index in [1.807, 2.05) is 91.1 Å². The van der Waals surface area contributed by atoms with Crippen LogP contribution < -0.4 is 10.2 Å². The SMILES string of the molecule is C[C@@H](Oc1cccc2cccnc12)C(=O)N/N=C\c1cn(-c2ccccc2)nc1-c1ccccc1. The van der Waals surface area contributed by atoms with Crippen LogP contribution in [0.3, 0.4) is 0 Å². The van der Waals surface area contributed by atoms with Crippen LogP contribution >= 0.6 is 0 Å². The lowest BCUT2D eigenvalue weighted by Gasteiger charge is -2.14. The van der Waals surface area contributed by atoms with Crippen LogP contribution in [0.2, 0.25) is 0 Å². The third-order valence-electron chi connectivity index (χ3n) is 5.46. The van der Waals surface area contributed by atoms with Gasteiger partial charge in [-0.1, -0.05) is 66.7 Å². The topological polar surface area (TPSA) is 81.4 Å². The summed E-state index contributed by atoms with van der Waals surface area (Å²) in [5.74, 6) is 0.177. The number of hydrogen-bond donors (Lipinski definition) is 1. The molecule has 0 bridgehead atoms. The van der Waals surface area contributed by atoms with Gasteiger partial charge >= 0.3 is 0 Å². The number of ether oxygens (including phenoxy) is 1. The van der Waals surface area contributed by atoms with Crippen molar-refractivity contribution < 1.29 is 9.53 Å². The molecule has 0 aliphatic rings. The van der Waals surface area contributed by atoms with Crippen LogP contribution in [-0.2, 0) is 4.79 Å². The first-order valence-electron chi connectivity index (χ1n) is 11.2. The zero-order valence-corrected chi connectivity index (χ0v) is 19.1. The van der Waals surface area contributed by atoms with Crippen LogP contribution in [-0.4, -0.2) is 33.0 Å². The second-order valence-corrected chi connectivity index (χ2v) is 7.90. The van der Waals surface area contributed by atoms with Gasteiger partial charge < -0.3 is 4.74 Å². The number of aromatic nitrogens is 3. The third-order valence-corrected chi connectivity index (χ3v) is 5.46. The van der Waals surface area contributed by atoms with Crippen molar-refractivity contribution in [2.45, 2.75) is 13.0 Å². The molecule has 0 saturated heterocycles. The highest BCUT2D eigenvalue weighted by atomic mass is 16.5. The first kappa shape index (κ1) is 22.0. The molecule has 0 unspecified atom stereocenters. The monoisotopic (exact) mass is 461 g/mol. The maximum absolute atomic E-state index is 12.7. The van der Waals surface area contributed by atoms with E-state index >= 15 is 0 Å². The number of nitrogens with zero attached hydrogens (tertiary/aromatic N) is 4. The fourth-order valence-electron chi connectivity index (χ4n) is 3.69. The lowest BCUT2D eigenvalue weighted by molar-refractivity contribution is -0.127. The van der Waals surface area contributed by atoms with Gasteiger partial charge in [0.15, 0.2) is 6.10 Å². The Morgan fingerprint density at radius 3 is 2.51 bits per heavy atom. The van der Waals surface area contributed by atoms with Crippen LogP contribution in [0, 0.1) is 0 Å². The standard InChI is InChI=1S/C28H23N5O2/c1-20(35-25-16-8-12-22-13-9-17-29-27(22)25)28(34)31-30-18-23-19-33(24-14-6-3-7-15-24)32-26(23)21-10-4-2-5-11-21/h2-20H,1H3,(H,31,34)/b30-18-/t20-/m1/s1. The minimum absolute atomic E-state index is 0.370. The summed E-state index contributed by atoms with van der Waals surface area (Å²) in [5.41, 5.74) is 6.70. The molecule has 172 valence electrons. The van der Waals surface area contributed by atoms with Crippen molar-refractivity contribution >= 4 is 23.0 Å². The number of amides is 1. The highest BCUT2D eigenvalue weighted by Gasteiger charge is 2.16. The molecule has 0 aliphatic heterocycles. The number of nitrogens with one attached hydrogen (secondary N) is 1. The van der Waals surface area contributed by atoms with Crippen molar-refractivity contribution in [1.82, 2.24) is 20.2 Å². The highest BCUT2D eigenvalue weighted by Crippen LogP contribution is 2.24. The number of hydrazone groups is 1. The average Bonchev–Trinajstić information content (AvgIpc) is 3.34. The maximum atomic E-state index is 12.7. The van der Waals surface area contributed by atoms with Crippen LogP contribution in [0.4, 0.5) is 0 Å². The number of carbonyl (C=O) groups is 1. The van der Waals surface area contributed by atoms with Crippen molar-refractivity contribution in [3.05, 3.63) is 109 Å². The van der Waals surface area contributed by atoms with Gasteiger partial charge in [-0.15, -0.1) is 0 Å². The van der Waals surface area contributed by atoms with Crippen LogP contribution in [0.15, 0.2) is 108 Å². The predicted molar refractivity (Wildman–Crippen MR) is 137 cm³/mol. The van der Waals surface area contributed by atoms with Crippen molar-refractivity contribution in [2.75, 3.05) is 0 Å². The summed E-state index contributed by atoms with van der Waals surface area (Å²) in [6, 6.07) is 29.1. The number of benzene rings is 3. The summed E-state index contributed by atoms with van der Waals surface area (Å²) in [6.45, 7) is 1.68. The summed E-state index contributed by atoms with van der Waals surface area (Å²) in [6.07, 6.45) is 4.42. The number of hydrogen-bond acceptors (Lipinski definition) is 5. The Balaban J connectivity index is 1.33. The Kier molecular flexibility index (Phi) is 6.30. The first-order valence-corrected chi connectivity index (χ1v) is 11.2. The minimum Gasteiger partial charge on any atom is -0.479 e. The molecule has 0 saturated carbocycles. The Morgan fingerprint density at radius 2 is 1.71 bits per heavy atom. The number of pyridine rings is 1. The van der Waals surface area contributed by atoms with E-state index < -0.39 is 6.10 Å². The molecule has 5 rings (SSSR count). The summed E-state index contributed by atoms with van der Waals surface area (Å²) < 4.78 is 7.68. The Hall–Kier alpha value is -4.78. The molecular weight excluding hydrogens is 438 g/mol. The molecule has 0 fully saturated rings. The van der Waals surface area contributed by atoms with E-state index in [1.165, 1.54) is 0 Å². The lowest BCUT2D eigenvalue weighted by atomic mass is 10.1. The summed E-state index contributed by atoms with van der Waals surface area (Å²) in [5, 5.41) is 9.88. The van der Waals surface area contributed by atoms with Crippen molar-refractivity contribution in [1.29, 1.82) is 0 Å². The number of fused-ring (bicyclic) bond motifs is 1. The van der Waals surface area contributed by atoms with Gasteiger partial charge in [-0.05, 0) is 31.2 Å². The van der Waals surface area contributed by atoms with E-state index in [9.17, 15) is 4.79 Å². The van der Waals surface area contributed by atoms with Crippen LogP contribution in [0.5, 0.6) is 5.75 Å². The Labute approximate surface area is 202 Å². The molecule has 2 heterocycles. The van der Waals surface area contributed by atoms with E-state index in [0.29, 0.717) is 11.3 Å². The summed E-state index contributed by atoms with van der Waals surface area (Å²) in [4.78, 5) is 17.0. The molecule has 1 atom stereocenters. The second kappa shape index (κ2) is 10.0. The molecule has 7 heteroatoms. The molecule has 1 N–H and O–H groups in total. The van der Waals surface area contributed by atoms with Crippen molar-refractivity contribution in [2.24, 2.45) is 5.10 Å². The first-order chi connectivity index (χ1) is 17.2. The van der Waals surface area contributed by atoms with Gasteiger partial charge in [0.25, 0.3) is 5.91 Å². The van der Waals surface area contributed by atoms with Gasteiger partial charge in [0.1, 0.15) is 17.0 Å². The normalized spacial score (nSPS) is 12.0. The van der Waals surface area contributed by atoms with Crippen LogP contribution in [0.25, 0.3) is 27.8 Å². The number of para-hydroxylation sites is 2. The highest BCUT2D eigenvalue weighted by molar-refractivity contribution is 5.90. The molecule has 5 aromatic rings. The summed E-state index contributed by atoms with van der Waals surface area (Å²) >= 11 is 0. The predicted octanol–water partition coefficient (Wildman–Crippen LogP) is 5.01. The zero-order valence-electron chi connectivity index (χ0n) is 19.1. The average molecular weight is 462 g/mol. The smallest absolute Gasteiger partial charge is 0.280 e. The van der Waals surface area contributed by atoms with Gasteiger partial charge in [0.2, 0.25) is 0 Å². The molecule has 1 amide bonds. The van der Waals surface area contributed by atoms with Gasteiger partial charge in [-0.2, -0.15) is 10.2 Å². The van der Waals surface area contributed by atoms with Crippen molar-refractivity contribution in [3.8, 4) is 22.7 Å².